The number of oxazole rings is 1. The number of hydrogen-bond acceptors (Lipinski definition) is 5. The van der Waals surface area contributed by atoms with Gasteiger partial charge in [-0.05, 0) is 91.5 Å². The predicted octanol–water partition coefficient (Wildman–Crippen LogP) is 8.14. The molecule has 0 radical (unpaired) electrons. The first-order valence-corrected chi connectivity index (χ1v) is 22.1. The molecule has 0 aliphatic carbocycles. The summed E-state index contributed by atoms with van der Waals surface area (Å²) in [6.07, 6.45) is 0. The molecule has 2 heterocycles. The molecule has 0 spiro atoms. The van der Waals surface area contributed by atoms with Gasteiger partial charge in [0.2, 0.25) is 10.5 Å². The van der Waals surface area contributed by atoms with Crippen LogP contribution in [0.4, 0.5) is 0 Å². The monoisotopic (exact) mass is 734 g/mol. The van der Waals surface area contributed by atoms with Crippen LogP contribution in [-0.2, 0) is 0 Å². The Balaban J connectivity index is 1.41. The maximum atomic E-state index is 6.75. The van der Waals surface area contributed by atoms with Crippen LogP contribution >= 0.6 is 37.6 Å². The second-order valence-electron chi connectivity index (χ2n) is 12.1. The third-order valence-electron chi connectivity index (χ3n) is 9.05. The summed E-state index contributed by atoms with van der Waals surface area (Å²) in [5.74, 6) is 0.651. The highest BCUT2D eigenvalue weighted by Gasteiger charge is 2.55. The summed E-state index contributed by atoms with van der Waals surface area (Å²) < 4.78 is 7.88. The average Bonchev–Trinajstić information content (AvgIpc) is 3.75. The lowest BCUT2D eigenvalue weighted by Crippen LogP contribution is -2.40. The Morgan fingerprint density at radius 3 is 1.08 bits per heavy atom. The van der Waals surface area contributed by atoms with E-state index in [-0.39, 0.29) is 0 Å². The molecule has 0 N–H and O–H groups in total. The molecule has 248 valence electrons. The van der Waals surface area contributed by atoms with Gasteiger partial charge >= 0.3 is 0 Å². The Labute approximate surface area is 309 Å². The van der Waals surface area contributed by atoms with Gasteiger partial charge in [-0.1, -0.05) is 109 Å². The Morgan fingerprint density at radius 1 is 0.431 bits per heavy atom. The van der Waals surface area contributed by atoms with Crippen molar-refractivity contribution in [3.8, 4) is 0 Å². The fourth-order valence-electron chi connectivity index (χ4n) is 6.97. The molecule has 0 saturated heterocycles. The number of hydrogen-bond donors (Lipinski definition) is 0. The fraction of sp³-hybridized carbons (Fsp3) is 0.0455. The Bertz CT molecular complexity index is 1990. The minimum Gasteiger partial charge on any atom is -0.430 e. The molecule has 0 amide bonds. The van der Waals surface area contributed by atoms with Gasteiger partial charge in [0.05, 0.1) is 5.01 Å². The Hall–Kier alpha value is -4.63. The summed E-state index contributed by atoms with van der Waals surface area (Å²) in [5.41, 5.74) is 2.08. The van der Waals surface area contributed by atoms with E-state index in [1.807, 2.05) is 6.92 Å². The molecule has 6 aromatic carbocycles. The van der Waals surface area contributed by atoms with Gasteiger partial charge in [0.1, 0.15) is 36.0 Å². The van der Waals surface area contributed by atoms with E-state index < -0.39 is 14.5 Å². The van der Waals surface area contributed by atoms with Gasteiger partial charge in [0.15, 0.2) is 20.4 Å². The van der Waals surface area contributed by atoms with Crippen LogP contribution in [0.1, 0.15) is 10.9 Å². The van der Waals surface area contributed by atoms with E-state index in [0.717, 1.165) is 25.2 Å². The third-order valence-corrected chi connectivity index (χ3v) is 19.9. The van der Waals surface area contributed by atoms with Gasteiger partial charge in [0.25, 0.3) is 5.44 Å². The highest BCUT2D eigenvalue weighted by Crippen LogP contribution is 2.59. The van der Waals surface area contributed by atoms with E-state index in [1.54, 1.807) is 23.1 Å². The number of aryl methyl sites for hydroxylation is 2. The zero-order chi connectivity index (χ0) is 34.7. The molecule has 7 heteroatoms. The van der Waals surface area contributed by atoms with Crippen molar-refractivity contribution in [3.05, 3.63) is 193 Å². The van der Waals surface area contributed by atoms with Gasteiger partial charge in [-0.3, -0.25) is 0 Å². The lowest BCUT2D eigenvalue weighted by molar-refractivity contribution is 0.444. The van der Waals surface area contributed by atoms with Crippen molar-refractivity contribution in [1.29, 1.82) is 0 Å². The highest BCUT2D eigenvalue weighted by molar-refractivity contribution is 8.07. The quantitative estimate of drug-likeness (QED) is 0.133. The van der Waals surface area contributed by atoms with E-state index in [1.165, 1.54) is 31.8 Å². The van der Waals surface area contributed by atoms with Crippen LogP contribution in [0.15, 0.2) is 196 Å². The van der Waals surface area contributed by atoms with Crippen molar-refractivity contribution in [3.63, 3.8) is 0 Å². The van der Waals surface area contributed by atoms with Crippen molar-refractivity contribution < 1.29 is 4.42 Å². The van der Waals surface area contributed by atoms with Gasteiger partial charge in [-0.2, -0.15) is 4.98 Å². The molecule has 0 aliphatic heterocycles. The minimum atomic E-state index is -2.51. The largest absolute Gasteiger partial charge is 0.430 e. The van der Waals surface area contributed by atoms with Gasteiger partial charge in [-0.15, -0.1) is 11.3 Å². The summed E-state index contributed by atoms with van der Waals surface area (Å²) in [5, 5.41) is 9.34. The molecule has 0 saturated carbocycles. The SMILES string of the molecule is Cc1nc([P+](c2ccccc2)(c2ccccc2)c2ccccc2)c(Sc2sc(C)nc2[P+](c2ccccc2)(c2ccccc2)c2ccccc2)o1. The smallest absolute Gasteiger partial charge is 0.251 e. The first kappa shape index (κ1) is 33.5. The molecule has 2 aromatic heterocycles. The van der Waals surface area contributed by atoms with Crippen LogP contribution < -0.4 is 42.7 Å². The molecule has 0 unspecified atom stereocenters. The van der Waals surface area contributed by atoms with Crippen LogP contribution in [-0.4, -0.2) is 9.97 Å². The number of rotatable bonds is 10. The first-order chi connectivity index (χ1) is 25.1. The summed E-state index contributed by atoms with van der Waals surface area (Å²) in [4.78, 5) is 10.8. The minimum absolute atomic E-state index is 0.651. The Kier molecular flexibility index (Phi) is 9.56. The molecule has 3 nitrogen and oxygen atoms in total. The number of thiazole rings is 1. The van der Waals surface area contributed by atoms with Gasteiger partial charge in [0, 0.05) is 6.92 Å². The molecular formula is C44H36N2OP2S2+2. The van der Waals surface area contributed by atoms with Crippen molar-refractivity contribution >= 4 is 80.3 Å². The lowest BCUT2D eigenvalue weighted by Gasteiger charge is -2.27. The van der Waals surface area contributed by atoms with Crippen molar-refractivity contribution in [2.24, 2.45) is 0 Å². The van der Waals surface area contributed by atoms with E-state index >= 15 is 0 Å². The van der Waals surface area contributed by atoms with Crippen LogP contribution in [0.25, 0.3) is 0 Å². The molecule has 8 rings (SSSR count). The predicted molar refractivity (Wildman–Crippen MR) is 222 cm³/mol. The molecule has 0 atom stereocenters. The highest BCUT2D eigenvalue weighted by atomic mass is 32.2. The molecule has 0 fully saturated rings. The first-order valence-electron chi connectivity index (χ1n) is 16.9. The van der Waals surface area contributed by atoms with Crippen LogP contribution in [0.5, 0.6) is 0 Å². The zero-order valence-corrected chi connectivity index (χ0v) is 31.8. The Morgan fingerprint density at radius 2 is 0.745 bits per heavy atom. The maximum absolute atomic E-state index is 6.75. The number of benzene rings is 6. The molecule has 0 aliphatic rings. The lowest BCUT2D eigenvalue weighted by atomic mass is 10.4. The molecule has 8 aromatic rings. The molecule has 0 bridgehead atoms. The maximum Gasteiger partial charge on any atom is 0.251 e. The molecular weight excluding hydrogens is 699 g/mol. The van der Waals surface area contributed by atoms with Crippen molar-refractivity contribution in [1.82, 2.24) is 9.97 Å². The fourth-order valence-corrected chi connectivity index (χ4v) is 18.7. The van der Waals surface area contributed by atoms with E-state index in [4.69, 9.17) is 14.4 Å². The zero-order valence-electron chi connectivity index (χ0n) is 28.3. The van der Waals surface area contributed by atoms with Gasteiger partial charge in [-0.25, -0.2) is 4.98 Å². The third kappa shape index (κ3) is 5.99. The molecule has 51 heavy (non-hydrogen) atoms. The number of aromatic nitrogens is 2. The van der Waals surface area contributed by atoms with Crippen LogP contribution in [0.3, 0.4) is 0 Å². The van der Waals surface area contributed by atoms with E-state index in [0.29, 0.717) is 5.89 Å². The standard InChI is InChI=1S/C44H36N2OP2S2/c1-33-45-41(48(35-21-9-3-10-22-35,36-23-11-4-12-24-36)37-25-13-5-14-26-37)43(47-33)51-44-42(46-34(2)50-44)49(38-27-15-6-16-28-38,39-29-17-7-18-30-39)40-31-19-8-20-32-40/h3-32H,1-2H3/q+2. The summed E-state index contributed by atoms with van der Waals surface area (Å²) in [6.45, 7) is 4.09. The van der Waals surface area contributed by atoms with Crippen molar-refractivity contribution in [2.45, 2.75) is 23.1 Å². The van der Waals surface area contributed by atoms with Crippen LogP contribution in [0.2, 0.25) is 0 Å². The summed E-state index contributed by atoms with van der Waals surface area (Å²) in [7, 11) is -4.97. The topological polar surface area (TPSA) is 38.9 Å². The normalized spacial score (nSPS) is 11.8. The summed E-state index contributed by atoms with van der Waals surface area (Å²) in [6, 6.07) is 65.5. The second kappa shape index (κ2) is 14.5. The van der Waals surface area contributed by atoms with Crippen LogP contribution in [0, 0.1) is 13.8 Å². The van der Waals surface area contributed by atoms with E-state index in [2.05, 4.69) is 189 Å². The van der Waals surface area contributed by atoms with E-state index in [9.17, 15) is 0 Å². The summed E-state index contributed by atoms with van der Waals surface area (Å²) >= 11 is 3.43. The van der Waals surface area contributed by atoms with Gasteiger partial charge < -0.3 is 4.42 Å². The van der Waals surface area contributed by atoms with Crippen molar-refractivity contribution in [2.75, 3.05) is 0 Å². The average molecular weight is 735 g/mol. The second-order valence-corrected chi connectivity index (χ2v) is 21.2. The number of nitrogens with zero attached hydrogens (tertiary/aromatic N) is 2.